The number of hydrogen-bond acceptors (Lipinski definition) is 3. The third-order valence-corrected chi connectivity index (χ3v) is 2.87. The summed E-state index contributed by atoms with van der Waals surface area (Å²) in [5.41, 5.74) is 6.64. The van der Waals surface area contributed by atoms with Crippen LogP contribution in [0.1, 0.15) is 20.7 Å². The molecule has 21 heavy (non-hydrogen) atoms. The van der Waals surface area contributed by atoms with Gasteiger partial charge in [-0.15, -0.1) is 0 Å². The van der Waals surface area contributed by atoms with Gasteiger partial charge in [0.15, 0.2) is 5.11 Å². The van der Waals surface area contributed by atoms with Crippen molar-refractivity contribution in [3.63, 3.8) is 0 Å². The molecule has 0 spiro atoms. The number of anilines is 1. The molecule has 106 valence electrons. The molecule has 2 amide bonds. The fourth-order valence-electron chi connectivity index (χ4n) is 1.68. The van der Waals surface area contributed by atoms with Gasteiger partial charge in [-0.2, -0.15) is 0 Å². The second-order valence-electron chi connectivity index (χ2n) is 4.22. The van der Waals surface area contributed by atoms with Crippen LogP contribution in [0.2, 0.25) is 0 Å². The minimum absolute atomic E-state index is 0.144. The third kappa shape index (κ3) is 4.12. The van der Waals surface area contributed by atoms with Crippen molar-refractivity contribution in [3.05, 3.63) is 65.7 Å². The van der Waals surface area contributed by atoms with Crippen molar-refractivity contribution < 1.29 is 9.59 Å². The molecule has 0 aliphatic heterocycles. The second kappa shape index (κ2) is 6.62. The van der Waals surface area contributed by atoms with Gasteiger partial charge >= 0.3 is 0 Å². The van der Waals surface area contributed by atoms with Gasteiger partial charge in [0.1, 0.15) is 0 Å². The molecule has 2 rings (SSSR count). The van der Waals surface area contributed by atoms with Gasteiger partial charge in [-0.25, -0.2) is 0 Å². The van der Waals surface area contributed by atoms with E-state index in [1.165, 1.54) is 0 Å². The maximum Gasteiger partial charge on any atom is 0.257 e. The van der Waals surface area contributed by atoms with Crippen LogP contribution in [0, 0.1) is 0 Å². The molecule has 5 nitrogen and oxygen atoms in total. The van der Waals surface area contributed by atoms with E-state index in [0.29, 0.717) is 16.8 Å². The van der Waals surface area contributed by atoms with Crippen molar-refractivity contribution in [2.45, 2.75) is 0 Å². The molecular formula is C15H13N3O2S. The highest BCUT2D eigenvalue weighted by Gasteiger charge is 2.08. The first kappa shape index (κ1) is 14.7. The molecule has 0 bridgehead atoms. The number of thiocarbonyl (C=S) groups is 1. The highest BCUT2D eigenvalue weighted by Crippen LogP contribution is 2.10. The molecule has 4 N–H and O–H groups in total. The van der Waals surface area contributed by atoms with Crippen LogP contribution in [0.15, 0.2) is 54.6 Å². The Kier molecular flexibility index (Phi) is 4.63. The van der Waals surface area contributed by atoms with E-state index in [1.807, 2.05) is 6.07 Å². The van der Waals surface area contributed by atoms with Crippen molar-refractivity contribution in [3.8, 4) is 0 Å². The minimum atomic E-state index is -0.530. The number of primary amides is 1. The number of nitrogens with one attached hydrogen (secondary N) is 2. The lowest BCUT2D eigenvalue weighted by atomic mass is 10.2. The molecular weight excluding hydrogens is 286 g/mol. The van der Waals surface area contributed by atoms with E-state index in [0.717, 1.165) is 0 Å². The van der Waals surface area contributed by atoms with E-state index < -0.39 is 5.91 Å². The summed E-state index contributed by atoms with van der Waals surface area (Å²) in [6.45, 7) is 0. The Labute approximate surface area is 127 Å². The van der Waals surface area contributed by atoms with E-state index in [4.69, 9.17) is 18.0 Å². The van der Waals surface area contributed by atoms with E-state index >= 15 is 0 Å². The number of rotatable bonds is 3. The molecule has 0 aliphatic rings. The van der Waals surface area contributed by atoms with Crippen molar-refractivity contribution in [1.82, 2.24) is 5.32 Å². The van der Waals surface area contributed by atoms with Gasteiger partial charge in [0.05, 0.1) is 0 Å². The SMILES string of the molecule is NC(=O)c1cccc(NC(=S)NC(=O)c2ccccc2)c1. The van der Waals surface area contributed by atoms with Crippen molar-refractivity contribution in [2.75, 3.05) is 5.32 Å². The summed E-state index contributed by atoms with van der Waals surface area (Å²) in [4.78, 5) is 23.0. The Balaban J connectivity index is 2.00. The van der Waals surface area contributed by atoms with Gasteiger partial charge in [-0.3, -0.25) is 14.9 Å². The summed E-state index contributed by atoms with van der Waals surface area (Å²) in [6.07, 6.45) is 0. The topological polar surface area (TPSA) is 84.2 Å². The summed E-state index contributed by atoms with van der Waals surface area (Å²) in [5, 5.41) is 5.53. The maximum absolute atomic E-state index is 11.9. The molecule has 2 aromatic carbocycles. The minimum Gasteiger partial charge on any atom is -0.366 e. The molecule has 2 aromatic rings. The van der Waals surface area contributed by atoms with E-state index in [9.17, 15) is 9.59 Å². The highest BCUT2D eigenvalue weighted by atomic mass is 32.1. The van der Waals surface area contributed by atoms with Crippen molar-refractivity contribution in [1.29, 1.82) is 0 Å². The van der Waals surface area contributed by atoms with Gasteiger partial charge in [0.25, 0.3) is 5.91 Å². The van der Waals surface area contributed by atoms with E-state index in [-0.39, 0.29) is 11.0 Å². The first-order chi connectivity index (χ1) is 10.1. The van der Waals surface area contributed by atoms with Crippen LogP contribution < -0.4 is 16.4 Å². The number of hydrogen-bond donors (Lipinski definition) is 3. The van der Waals surface area contributed by atoms with Gasteiger partial charge in [0.2, 0.25) is 5.91 Å². The largest absolute Gasteiger partial charge is 0.366 e. The fraction of sp³-hybridized carbons (Fsp3) is 0. The quantitative estimate of drug-likeness (QED) is 0.756. The molecule has 0 radical (unpaired) electrons. The molecule has 0 atom stereocenters. The van der Waals surface area contributed by atoms with Crippen LogP contribution in [0.4, 0.5) is 5.69 Å². The number of carbonyl (C=O) groups is 2. The lowest BCUT2D eigenvalue weighted by Gasteiger charge is -2.10. The van der Waals surface area contributed by atoms with Crippen LogP contribution in [0.3, 0.4) is 0 Å². The molecule has 0 heterocycles. The Morgan fingerprint density at radius 3 is 2.29 bits per heavy atom. The van der Waals surface area contributed by atoms with E-state index in [1.54, 1.807) is 48.5 Å². The average Bonchev–Trinajstić information content (AvgIpc) is 2.48. The summed E-state index contributed by atoms with van der Waals surface area (Å²) < 4.78 is 0. The van der Waals surface area contributed by atoms with Crippen molar-refractivity contribution in [2.24, 2.45) is 5.73 Å². The highest BCUT2D eigenvalue weighted by molar-refractivity contribution is 7.80. The smallest absolute Gasteiger partial charge is 0.257 e. The Morgan fingerprint density at radius 2 is 1.62 bits per heavy atom. The zero-order chi connectivity index (χ0) is 15.2. The monoisotopic (exact) mass is 299 g/mol. The van der Waals surface area contributed by atoms with Gasteiger partial charge in [-0.05, 0) is 42.5 Å². The predicted molar refractivity (Wildman–Crippen MR) is 85.1 cm³/mol. The van der Waals surface area contributed by atoms with Gasteiger partial charge in [0, 0.05) is 16.8 Å². The lowest BCUT2D eigenvalue weighted by Crippen LogP contribution is -2.34. The van der Waals surface area contributed by atoms with Crippen LogP contribution in [-0.4, -0.2) is 16.9 Å². The summed E-state index contributed by atoms with van der Waals surface area (Å²) in [7, 11) is 0. The lowest BCUT2D eigenvalue weighted by molar-refractivity contribution is 0.0975. The Morgan fingerprint density at radius 1 is 0.952 bits per heavy atom. The molecule has 0 fully saturated rings. The number of nitrogens with two attached hydrogens (primary N) is 1. The molecule has 0 saturated heterocycles. The number of benzene rings is 2. The first-order valence-electron chi connectivity index (χ1n) is 6.13. The normalized spacial score (nSPS) is 9.71. The fourth-order valence-corrected chi connectivity index (χ4v) is 1.89. The zero-order valence-electron chi connectivity index (χ0n) is 11.0. The van der Waals surface area contributed by atoms with E-state index in [2.05, 4.69) is 10.6 Å². The van der Waals surface area contributed by atoms with Gasteiger partial charge in [-0.1, -0.05) is 24.3 Å². The molecule has 0 aliphatic carbocycles. The Bertz CT molecular complexity index is 686. The average molecular weight is 299 g/mol. The van der Waals surface area contributed by atoms with Crippen LogP contribution >= 0.6 is 12.2 Å². The third-order valence-electron chi connectivity index (χ3n) is 2.67. The molecule has 6 heteroatoms. The van der Waals surface area contributed by atoms with Crippen LogP contribution in [0.25, 0.3) is 0 Å². The summed E-state index contributed by atoms with van der Waals surface area (Å²) >= 11 is 5.06. The first-order valence-corrected chi connectivity index (χ1v) is 6.54. The predicted octanol–water partition coefficient (Wildman–Crippen LogP) is 1.91. The van der Waals surface area contributed by atoms with Crippen LogP contribution in [0.5, 0.6) is 0 Å². The van der Waals surface area contributed by atoms with Gasteiger partial charge < -0.3 is 11.1 Å². The maximum atomic E-state index is 11.9. The van der Waals surface area contributed by atoms with Crippen LogP contribution in [-0.2, 0) is 0 Å². The molecule has 0 unspecified atom stereocenters. The summed E-state index contributed by atoms with van der Waals surface area (Å²) in [6, 6.07) is 15.3. The Hall–Kier alpha value is -2.73. The summed E-state index contributed by atoms with van der Waals surface area (Å²) in [5.74, 6) is -0.836. The molecule has 0 saturated carbocycles. The zero-order valence-corrected chi connectivity index (χ0v) is 11.8. The number of amides is 2. The number of carbonyl (C=O) groups excluding carboxylic acids is 2. The second-order valence-corrected chi connectivity index (χ2v) is 4.63. The van der Waals surface area contributed by atoms with Crippen molar-refractivity contribution >= 4 is 34.8 Å². The molecule has 0 aromatic heterocycles. The standard InChI is InChI=1S/C15H13N3O2S/c16-13(19)11-7-4-8-12(9-11)17-15(21)18-14(20)10-5-2-1-3-6-10/h1-9H,(H2,16,19)(H2,17,18,20,21).